The standard InChI is InChI=1S/C31H25FN6O5S/c1-19-6-8-25(9-7-19)44(40,41)38-18-27(23-15-36-37(17-23)16-20-4-3-5-24(32)10-20)26-11-21(13-34-29(26)38)22-12-28(42-2)30(35-14-22)43-31(33)39/h3-15,17-18H,16H2,1-2H3,(H2,33,39). The van der Waals surface area contributed by atoms with Crippen molar-refractivity contribution in [3.63, 3.8) is 0 Å². The molecular weight excluding hydrogens is 587 g/mol. The van der Waals surface area contributed by atoms with Gasteiger partial charge in [0.1, 0.15) is 5.82 Å². The van der Waals surface area contributed by atoms with Gasteiger partial charge in [-0.05, 0) is 48.9 Å². The van der Waals surface area contributed by atoms with Gasteiger partial charge >= 0.3 is 6.09 Å². The predicted molar refractivity (Wildman–Crippen MR) is 160 cm³/mol. The molecule has 0 atom stereocenters. The summed E-state index contributed by atoms with van der Waals surface area (Å²) in [5, 5.41) is 4.96. The van der Waals surface area contributed by atoms with E-state index in [0.717, 1.165) is 15.1 Å². The van der Waals surface area contributed by atoms with Crippen LogP contribution < -0.4 is 15.2 Å². The maximum Gasteiger partial charge on any atom is 0.411 e. The lowest BCUT2D eigenvalue weighted by molar-refractivity contribution is 0.206. The van der Waals surface area contributed by atoms with Crippen LogP contribution in [0.3, 0.4) is 0 Å². The van der Waals surface area contributed by atoms with Gasteiger partial charge in [0.25, 0.3) is 15.9 Å². The highest BCUT2D eigenvalue weighted by molar-refractivity contribution is 7.90. The molecule has 2 N–H and O–H groups in total. The molecule has 0 saturated heterocycles. The summed E-state index contributed by atoms with van der Waals surface area (Å²) < 4.78 is 54.4. The second kappa shape index (κ2) is 11.3. The SMILES string of the molecule is COc1cc(-c2cnc3c(c2)c(-c2cnn(Cc4cccc(F)c4)c2)cn3S(=O)(=O)c2ccc(C)cc2)cnc1OC(N)=O. The number of carbonyl (C=O) groups is 1. The van der Waals surface area contributed by atoms with Crippen molar-refractivity contribution in [2.45, 2.75) is 18.4 Å². The number of benzene rings is 2. The molecule has 4 aromatic heterocycles. The Kier molecular flexibility index (Phi) is 7.31. The molecule has 0 fully saturated rings. The van der Waals surface area contributed by atoms with Gasteiger partial charge in [-0.25, -0.2) is 31.5 Å². The first-order valence-corrected chi connectivity index (χ1v) is 14.7. The van der Waals surface area contributed by atoms with Crippen molar-refractivity contribution in [1.82, 2.24) is 23.7 Å². The molecule has 0 aliphatic rings. The number of nitrogens with two attached hydrogens (primary N) is 1. The topological polar surface area (TPSA) is 144 Å². The summed E-state index contributed by atoms with van der Waals surface area (Å²) >= 11 is 0. The maximum atomic E-state index is 13.8. The molecular formula is C31H25FN6O5S. The number of fused-ring (bicyclic) bond motifs is 1. The van der Waals surface area contributed by atoms with E-state index in [4.69, 9.17) is 15.2 Å². The molecule has 0 aliphatic carbocycles. The van der Waals surface area contributed by atoms with Gasteiger partial charge < -0.3 is 15.2 Å². The number of aromatic nitrogens is 5. The first-order valence-electron chi connectivity index (χ1n) is 13.2. The fourth-order valence-electron chi connectivity index (χ4n) is 4.79. The van der Waals surface area contributed by atoms with Gasteiger partial charge in [-0.1, -0.05) is 29.8 Å². The third-order valence-electron chi connectivity index (χ3n) is 6.94. The van der Waals surface area contributed by atoms with Gasteiger partial charge in [0, 0.05) is 52.4 Å². The van der Waals surface area contributed by atoms with Crippen LogP contribution in [0.25, 0.3) is 33.3 Å². The van der Waals surface area contributed by atoms with E-state index in [9.17, 15) is 17.6 Å². The zero-order valence-corrected chi connectivity index (χ0v) is 24.3. The van der Waals surface area contributed by atoms with Crippen LogP contribution in [0.4, 0.5) is 9.18 Å². The normalized spacial score (nSPS) is 11.5. The maximum absolute atomic E-state index is 13.8. The van der Waals surface area contributed by atoms with Crippen molar-refractivity contribution >= 4 is 27.1 Å². The lowest BCUT2D eigenvalue weighted by Gasteiger charge is -2.10. The van der Waals surface area contributed by atoms with E-state index >= 15 is 0 Å². The third kappa shape index (κ3) is 5.47. The summed E-state index contributed by atoms with van der Waals surface area (Å²) in [5.74, 6) is -0.280. The molecule has 44 heavy (non-hydrogen) atoms. The van der Waals surface area contributed by atoms with Gasteiger partial charge in [-0.15, -0.1) is 0 Å². The number of hydrogen-bond donors (Lipinski definition) is 1. The van der Waals surface area contributed by atoms with Crippen molar-refractivity contribution in [3.8, 4) is 33.9 Å². The molecule has 4 heterocycles. The third-order valence-corrected chi connectivity index (χ3v) is 8.60. The van der Waals surface area contributed by atoms with Gasteiger partial charge in [-0.3, -0.25) is 4.68 Å². The molecule has 2 aromatic carbocycles. The number of ether oxygens (including phenoxy) is 2. The van der Waals surface area contributed by atoms with E-state index in [1.54, 1.807) is 65.6 Å². The molecule has 0 radical (unpaired) electrons. The smallest absolute Gasteiger partial charge is 0.411 e. The lowest BCUT2D eigenvalue weighted by Crippen LogP contribution is -2.17. The van der Waals surface area contributed by atoms with E-state index in [1.807, 2.05) is 6.92 Å². The van der Waals surface area contributed by atoms with E-state index in [-0.39, 0.29) is 28.0 Å². The predicted octanol–water partition coefficient (Wildman–Crippen LogP) is 5.16. The summed E-state index contributed by atoms with van der Waals surface area (Å²) in [6, 6.07) is 16.2. The Bertz CT molecular complexity index is 2140. The van der Waals surface area contributed by atoms with Crippen LogP contribution in [0.2, 0.25) is 0 Å². The van der Waals surface area contributed by atoms with Crippen LogP contribution in [0, 0.1) is 12.7 Å². The molecule has 1 amide bonds. The van der Waals surface area contributed by atoms with Crippen molar-refractivity contribution in [3.05, 3.63) is 109 Å². The minimum absolute atomic E-state index is 0.0977. The fourth-order valence-corrected chi connectivity index (χ4v) is 6.12. The summed E-state index contributed by atoms with van der Waals surface area (Å²) in [5.41, 5.74) is 9.32. The molecule has 11 nitrogen and oxygen atoms in total. The first kappa shape index (κ1) is 28.6. The van der Waals surface area contributed by atoms with Crippen LogP contribution in [-0.4, -0.2) is 45.3 Å². The molecule has 13 heteroatoms. The van der Waals surface area contributed by atoms with Crippen LogP contribution in [-0.2, 0) is 16.6 Å². The van der Waals surface area contributed by atoms with Gasteiger partial charge in [0.05, 0.1) is 24.7 Å². The van der Waals surface area contributed by atoms with Gasteiger partial charge in [0.2, 0.25) is 0 Å². The molecule has 0 spiro atoms. The van der Waals surface area contributed by atoms with E-state index in [2.05, 4.69) is 15.1 Å². The molecule has 222 valence electrons. The molecule has 0 unspecified atom stereocenters. The number of methoxy groups -OCH3 is 1. The van der Waals surface area contributed by atoms with Crippen molar-refractivity contribution in [2.75, 3.05) is 7.11 Å². The number of nitrogens with zero attached hydrogens (tertiary/aromatic N) is 5. The minimum atomic E-state index is -4.03. The Hall–Kier alpha value is -5.56. The molecule has 6 aromatic rings. The monoisotopic (exact) mass is 612 g/mol. The van der Waals surface area contributed by atoms with Crippen molar-refractivity contribution in [2.24, 2.45) is 5.73 Å². The van der Waals surface area contributed by atoms with Crippen LogP contribution >= 0.6 is 0 Å². The molecule has 6 rings (SSSR count). The summed E-state index contributed by atoms with van der Waals surface area (Å²) in [6.45, 7) is 2.19. The fraction of sp³-hybridized carbons (Fsp3) is 0.0968. The second-order valence-electron chi connectivity index (χ2n) is 9.96. The van der Waals surface area contributed by atoms with Crippen LogP contribution in [0.5, 0.6) is 11.6 Å². The Morgan fingerprint density at radius 3 is 2.43 bits per heavy atom. The van der Waals surface area contributed by atoms with Crippen LogP contribution in [0.1, 0.15) is 11.1 Å². The van der Waals surface area contributed by atoms with Crippen molar-refractivity contribution in [1.29, 1.82) is 0 Å². The largest absolute Gasteiger partial charge is 0.491 e. The number of aryl methyl sites for hydroxylation is 1. The zero-order chi connectivity index (χ0) is 31.0. The molecule has 0 bridgehead atoms. The van der Waals surface area contributed by atoms with Crippen molar-refractivity contribution < 1.29 is 27.1 Å². The van der Waals surface area contributed by atoms with E-state index < -0.39 is 16.1 Å². The van der Waals surface area contributed by atoms with Gasteiger partial charge in [-0.2, -0.15) is 5.10 Å². The summed E-state index contributed by atoms with van der Waals surface area (Å²) in [4.78, 5) is 20.1. The molecule has 0 aliphatic heterocycles. The first-order chi connectivity index (χ1) is 21.1. The number of amides is 1. The zero-order valence-electron chi connectivity index (χ0n) is 23.5. The van der Waals surface area contributed by atoms with E-state index in [1.165, 1.54) is 37.8 Å². The van der Waals surface area contributed by atoms with Gasteiger partial charge in [0.15, 0.2) is 11.4 Å². The number of rotatable bonds is 8. The Morgan fingerprint density at radius 2 is 1.70 bits per heavy atom. The number of pyridine rings is 2. The Labute approximate surface area is 251 Å². The van der Waals surface area contributed by atoms with E-state index in [0.29, 0.717) is 34.2 Å². The average molecular weight is 613 g/mol. The van der Waals surface area contributed by atoms with Crippen LogP contribution in [0.15, 0.2) is 96.5 Å². The average Bonchev–Trinajstić information content (AvgIpc) is 3.62. The molecule has 0 saturated carbocycles. The summed E-state index contributed by atoms with van der Waals surface area (Å²) in [7, 11) is -2.63. The number of hydrogen-bond acceptors (Lipinski definition) is 8. The number of halogens is 1. The quantitative estimate of drug-likeness (QED) is 0.248. The number of carbonyl (C=O) groups excluding carboxylic acids is 1. The highest BCUT2D eigenvalue weighted by atomic mass is 32.2. The Morgan fingerprint density at radius 1 is 0.955 bits per heavy atom. The Balaban J connectivity index is 1.49. The minimum Gasteiger partial charge on any atom is -0.491 e. The highest BCUT2D eigenvalue weighted by Gasteiger charge is 2.24. The second-order valence-corrected chi connectivity index (χ2v) is 11.8. The number of primary amides is 1. The lowest BCUT2D eigenvalue weighted by atomic mass is 10.1. The highest BCUT2D eigenvalue weighted by Crippen LogP contribution is 2.36. The summed E-state index contributed by atoms with van der Waals surface area (Å²) in [6.07, 6.45) is 6.83.